The van der Waals surface area contributed by atoms with E-state index in [1.807, 2.05) is 0 Å². The molecule has 30 heavy (non-hydrogen) atoms. The van der Waals surface area contributed by atoms with Gasteiger partial charge in [-0.2, -0.15) is 0 Å². The lowest BCUT2D eigenvalue weighted by atomic mass is 9.85. The zero-order valence-electron chi connectivity index (χ0n) is 18.0. The first-order valence-corrected chi connectivity index (χ1v) is 11.0. The Kier molecular flexibility index (Phi) is 6.24. The first-order valence-electron chi connectivity index (χ1n) is 11.0. The maximum absolute atomic E-state index is 11.0. The molecule has 0 radical (unpaired) electrons. The first kappa shape index (κ1) is 20.7. The van der Waals surface area contributed by atoms with Crippen LogP contribution in [0.4, 0.5) is 0 Å². The van der Waals surface area contributed by atoms with Gasteiger partial charge in [0.1, 0.15) is 5.75 Å². The number of nitrogens with zero attached hydrogens (tertiary/aromatic N) is 1. The molecule has 0 spiro atoms. The number of aryl methyl sites for hydroxylation is 2. The number of hydrogen-bond donors (Lipinski definition) is 1. The predicted octanol–water partition coefficient (Wildman–Crippen LogP) is 4.61. The number of ether oxygens (including phenoxy) is 1. The Balaban J connectivity index is 1.33. The molecule has 4 heteroatoms. The van der Waals surface area contributed by atoms with E-state index in [-0.39, 0.29) is 5.92 Å². The van der Waals surface area contributed by atoms with Crippen LogP contribution in [0.1, 0.15) is 42.5 Å². The molecule has 2 aromatic carbocycles. The van der Waals surface area contributed by atoms with Crippen molar-refractivity contribution >= 4 is 11.5 Å². The minimum Gasteiger partial charge on any atom is -0.493 e. The number of likely N-dealkylation sites (tertiary alicyclic amines) is 1. The summed E-state index contributed by atoms with van der Waals surface area (Å²) < 4.78 is 6.04. The fourth-order valence-corrected chi connectivity index (χ4v) is 4.45. The molecule has 1 N–H and O–H groups in total. The quantitative estimate of drug-likeness (QED) is 0.697. The molecular weight excluding hydrogens is 374 g/mol. The summed E-state index contributed by atoms with van der Waals surface area (Å²) in [5.41, 5.74) is 8.13. The van der Waals surface area contributed by atoms with E-state index < -0.39 is 5.97 Å². The molecule has 2 aliphatic rings. The predicted molar refractivity (Wildman–Crippen MR) is 120 cm³/mol. The third kappa shape index (κ3) is 4.59. The summed E-state index contributed by atoms with van der Waals surface area (Å²) in [5, 5.41) is 9.06. The van der Waals surface area contributed by atoms with Gasteiger partial charge in [0.05, 0.1) is 12.5 Å². The smallest absolute Gasteiger partial charge is 0.309 e. The number of carbonyl (C=O) groups is 1. The molecule has 0 bridgehead atoms. The first-order chi connectivity index (χ1) is 14.5. The van der Waals surface area contributed by atoms with Gasteiger partial charge < -0.3 is 9.84 Å². The van der Waals surface area contributed by atoms with Crippen molar-refractivity contribution in [3.63, 3.8) is 0 Å². The molecule has 1 fully saturated rings. The number of carboxylic acid groups (broad SMARTS) is 1. The highest BCUT2D eigenvalue weighted by Gasteiger charge is 2.33. The SMILES string of the molecule is CCc1ccc(CCOc2ccc3c(c2)CCC(CN2CC(C(=O)O)C2)=C3C)cc1. The molecule has 4 nitrogen and oxygen atoms in total. The van der Waals surface area contributed by atoms with Gasteiger partial charge in [0.15, 0.2) is 0 Å². The third-order valence-electron chi connectivity index (χ3n) is 6.52. The molecule has 1 heterocycles. The van der Waals surface area contributed by atoms with Crippen molar-refractivity contribution in [2.45, 2.75) is 39.5 Å². The Labute approximate surface area is 179 Å². The lowest BCUT2D eigenvalue weighted by Gasteiger charge is -2.38. The summed E-state index contributed by atoms with van der Waals surface area (Å²) in [7, 11) is 0. The Bertz CT molecular complexity index is 939. The van der Waals surface area contributed by atoms with Crippen molar-refractivity contribution in [3.05, 3.63) is 70.3 Å². The van der Waals surface area contributed by atoms with Crippen molar-refractivity contribution in [2.24, 2.45) is 5.92 Å². The lowest BCUT2D eigenvalue weighted by Crippen LogP contribution is -2.50. The van der Waals surface area contributed by atoms with Crippen LogP contribution in [-0.4, -0.2) is 42.2 Å². The van der Waals surface area contributed by atoms with Gasteiger partial charge in [0, 0.05) is 26.1 Å². The van der Waals surface area contributed by atoms with Crippen molar-refractivity contribution in [1.82, 2.24) is 4.90 Å². The van der Waals surface area contributed by atoms with Crippen molar-refractivity contribution in [3.8, 4) is 5.75 Å². The molecule has 0 amide bonds. The standard InChI is InChI=1S/C26H31NO3/c1-3-19-4-6-20(7-5-19)12-13-30-24-10-11-25-18(2)22(9-8-21(25)14-24)15-27-16-23(17-27)26(28)29/h4-7,10-11,14,23H,3,8-9,12-13,15-17H2,1-2H3,(H,28,29). The van der Waals surface area contributed by atoms with Crippen LogP contribution in [0.2, 0.25) is 0 Å². The molecule has 4 rings (SSSR count). The van der Waals surface area contributed by atoms with Crippen molar-refractivity contribution in [2.75, 3.05) is 26.2 Å². The summed E-state index contributed by atoms with van der Waals surface area (Å²) in [6.07, 6.45) is 4.05. The summed E-state index contributed by atoms with van der Waals surface area (Å²) >= 11 is 0. The van der Waals surface area contributed by atoms with Gasteiger partial charge in [0.2, 0.25) is 0 Å². The van der Waals surface area contributed by atoms with Gasteiger partial charge in [-0.05, 0) is 66.1 Å². The Morgan fingerprint density at radius 2 is 1.83 bits per heavy atom. The average Bonchev–Trinajstić information content (AvgIpc) is 2.72. The van der Waals surface area contributed by atoms with E-state index in [0.717, 1.165) is 38.0 Å². The number of hydrogen-bond acceptors (Lipinski definition) is 3. The fraction of sp³-hybridized carbons (Fsp3) is 0.423. The maximum Gasteiger partial charge on any atom is 0.309 e. The molecule has 1 aliphatic carbocycles. The zero-order valence-corrected chi connectivity index (χ0v) is 18.0. The van der Waals surface area contributed by atoms with E-state index in [1.165, 1.54) is 33.4 Å². The average molecular weight is 406 g/mol. The van der Waals surface area contributed by atoms with Gasteiger partial charge in [-0.15, -0.1) is 0 Å². The van der Waals surface area contributed by atoms with E-state index in [2.05, 4.69) is 61.2 Å². The Hall–Kier alpha value is -2.59. The number of aliphatic carboxylic acids is 1. The van der Waals surface area contributed by atoms with Crippen LogP contribution in [-0.2, 0) is 24.1 Å². The van der Waals surface area contributed by atoms with E-state index in [1.54, 1.807) is 0 Å². The number of fused-ring (bicyclic) bond motifs is 1. The largest absolute Gasteiger partial charge is 0.493 e. The second kappa shape index (κ2) is 9.05. The lowest BCUT2D eigenvalue weighted by molar-refractivity contribution is -0.147. The molecule has 158 valence electrons. The van der Waals surface area contributed by atoms with Crippen molar-refractivity contribution < 1.29 is 14.6 Å². The monoisotopic (exact) mass is 405 g/mol. The zero-order chi connectivity index (χ0) is 21.1. The van der Waals surface area contributed by atoms with Gasteiger partial charge in [0.25, 0.3) is 0 Å². The Morgan fingerprint density at radius 1 is 1.10 bits per heavy atom. The summed E-state index contributed by atoms with van der Waals surface area (Å²) in [6, 6.07) is 15.2. The highest BCUT2D eigenvalue weighted by Crippen LogP contribution is 2.34. The molecule has 0 atom stereocenters. The van der Waals surface area contributed by atoms with Crippen molar-refractivity contribution in [1.29, 1.82) is 0 Å². The van der Waals surface area contributed by atoms with E-state index in [0.29, 0.717) is 19.7 Å². The Morgan fingerprint density at radius 3 is 2.53 bits per heavy atom. The van der Waals surface area contributed by atoms with Crippen LogP contribution in [0, 0.1) is 5.92 Å². The maximum atomic E-state index is 11.0. The van der Waals surface area contributed by atoms with Crippen LogP contribution in [0.25, 0.3) is 5.57 Å². The number of carboxylic acids is 1. The third-order valence-corrected chi connectivity index (χ3v) is 6.52. The summed E-state index contributed by atoms with van der Waals surface area (Å²) in [4.78, 5) is 13.3. The fourth-order valence-electron chi connectivity index (χ4n) is 4.45. The van der Waals surface area contributed by atoms with Gasteiger partial charge in [-0.1, -0.05) is 42.8 Å². The van der Waals surface area contributed by atoms with E-state index >= 15 is 0 Å². The normalized spacial score (nSPS) is 16.9. The van der Waals surface area contributed by atoms with Crippen LogP contribution in [0.15, 0.2) is 48.0 Å². The number of rotatable bonds is 8. The number of benzene rings is 2. The molecule has 1 aliphatic heterocycles. The minimum absolute atomic E-state index is 0.189. The molecule has 2 aromatic rings. The van der Waals surface area contributed by atoms with Gasteiger partial charge >= 0.3 is 5.97 Å². The molecule has 0 saturated carbocycles. The topological polar surface area (TPSA) is 49.8 Å². The van der Waals surface area contributed by atoms with Crippen LogP contribution in [0.5, 0.6) is 5.75 Å². The molecular formula is C26H31NO3. The number of allylic oxidation sites excluding steroid dienone is 1. The second-order valence-corrected chi connectivity index (χ2v) is 8.55. The van der Waals surface area contributed by atoms with E-state index in [9.17, 15) is 4.79 Å². The highest BCUT2D eigenvalue weighted by atomic mass is 16.5. The molecule has 1 saturated heterocycles. The second-order valence-electron chi connectivity index (χ2n) is 8.55. The summed E-state index contributed by atoms with van der Waals surface area (Å²) in [6.45, 7) is 7.30. The highest BCUT2D eigenvalue weighted by molar-refractivity contribution is 5.73. The van der Waals surface area contributed by atoms with E-state index in [4.69, 9.17) is 9.84 Å². The van der Waals surface area contributed by atoms with Crippen LogP contribution in [0.3, 0.4) is 0 Å². The van der Waals surface area contributed by atoms with Crippen LogP contribution < -0.4 is 4.74 Å². The minimum atomic E-state index is -0.670. The molecule has 0 aromatic heterocycles. The molecule has 0 unspecified atom stereocenters. The van der Waals surface area contributed by atoms with Gasteiger partial charge in [-0.3, -0.25) is 9.69 Å². The van der Waals surface area contributed by atoms with Crippen LogP contribution >= 0.6 is 0 Å². The van der Waals surface area contributed by atoms with Gasteiger partial charge in [-0.25, -0.2) is 0 Å². The summed E-state index contributed by atoms with van der Waals surface area (Å²) in [5.74, 6) is 0.0877.